The summed E-state index contributed by atoms with van der Waals surface area (Å²) >= 11 is 9.16. The Kier molecular flexibility index (Phi) is 5.80. The Bertz CT molecular complexity index is 827. The van der Waals surface area contributed by atoms with E-state index in [9.17, 15) is 13.2 Å². The fraction of sp³-hybridized carbons (Fsp3) is 0.133. The van der Waals surface area contributed by atoms with Gasteiger partial charge in [0.05, 0.1) is 22.2 Å². The summed E-state index contributed by atoms with van der Waals surface area (Å²) in [5.41, 5.74) is 0.436. The molecule has 122 valence electrons. The highest BCUT2D eigenvalue weighted by atomic mass is 79.9. The Morgan fingerprint density at radius 3 is 2.43 bits per heavy atom. The normalized spacial score (nSPS) is 11.5. The average molecular weight is 418 g/mol. The molecule has 0 fully saturated rings. The molecular formula is C15H14BrClN2O3S. The second-order valence-corrected chi connectivity index (χ2v) is 7.99. The zero-order chi connectivity index (χ0) is 17.0. The maximum atomic E-state index is 12.5. The number of halogens is 2. The monoisotopic (exact) mass is 416 g/mol. The van der Waals surface area contributed by atoms with E-state index in [1.807, 2.05) is 0 Å². The Morgan fingerprint density at radius 1 is 1.17 bits per heavy atom. The van der Waals surface area contributed by atoms with Gasteiger partial charge in [0.1, 0.15) is 0 Å². The van der Waals surface area contributed by atoms with Gasteiger partial charge in [-0.1, -0.05) is 35.9 Å². The SMILES string of the molecule is CN(CC(=O)Nc1ccccc1Cl)S(=O)(=O)c1ccccc1Br. The molecule has 0 aliphatic rings. The molecule has 5 nitrogen and oxygen atoms in total. The standard InChI is InChI=1S/C15H14BrClN2O3S/c1-19(23(21,22)14-9-5-2-6-11(14)16)10-15(20)18-13-8-4-3-7-12(13)17/h2-9H,10H2,1H3,(H,18,20). The second kappa shape index (κ2) is 7.44. The summed E-state index contributed by atoms with van der Waals surface area (Å²) in [6.45, 7) is -0.325. The quantitative estimate of drug-likeness (QED) is 0.811. The van der Waals surface area contributed by atoms with Crippen LogP contribution in [0.2, 0.25) is 5.02 Å². The van der Waals surface area contributed by atoms with Crippen LogP contribution in [0.1, 0.15) is 0 Å². The summed E-state index contributed by atoms with van der Waals surface area (Å²) in [5.74, 6) is -0.476. The van der Waals surface area contributed by atoms with Crippen LogP contribution >= 0.6 is 27.5 Å². The Hall–Kier alpha value is -1.41. The number of carbonyl (C=O) groups is 1. The molecule has 2 aromatic rings. The van der Waals surface area contributed by atoms with Crippen molar-refractivity contribution in [3.8, 4) is 0 Å². The number of hydrogen-bond acceptors (Lipinski definition) is 3. The maximum absolute atomic E-state index is 12.5. The molecule has 0 aliphatic carbocycles. The Labute approximate surface area is 148 Å². The summed E-state index contributed by atoms with van der Waals surface area (Å²) < 4.78 is 26.4. The fourth-order valence-electron chi connectivity index (χ4n) is 1.86. The van der Waals surface area contributed by atoms with E-state index in [1.165, 1.54) is 13.1 Å². The van der Waals surface area contributed by atoms with Crippen LogP contribution in [0.15, 0.2) is 57.9 Å². The van der Waals surface area contributed by atoms with E-state index in [1.54, 1.807) is 42.5 Å². The molecule has 0 saturated heterocycles. The predicted molar refractivity (Wildman–Crippen MR) is 94.0 cm³/mol. The average Bonchev–Trinajstić information content (AvgIpc) is 2.49. The molecule has 0 aliphatic heterocycles. The molecule has 23 heavy (non-hydrogen) atoms. The van der Waals surface area contributed by atoms with Crippen molar-refractivity contribution in [1.29, 1.82) is 0 Å². The highest BCUT2D eigenvalue weighted by molar-refractivity contribution is 9.10. The lowest BCUT2D eigenvalue weighted by atomic mass is 10.3. The molecule has 1 amide bonds. The molecular weight excluding hydrogens is 404 g/mol. The van der Waals surface area contributed by atoms with Crippen LogP contribution in [-0.4, -0.2) is 32.2 Å². The van der Waals surface area contributed by atoms with Crippen molar-refractivity contribution >= 4 is 49.1 Å². The van der Waals surface area contributed by atoms with E-state index in [0.29, 0.717) is 15.2 Å². The first-order valence-corrected chi connectivity index (χ1v) is 9.18. The number of benzene rings is 2. The lowest BCUT2D eigenvalue weighted by Gasteiger charge is -2.18. The van der Waals surface area contributed by atoms with Crippen molar-refractivity contribution in [1.82, 2.24) is 4.31 Å². The third kappa shape index (κ3) is 4.32. The highest BCUT2D eigenvalue weighted by Gasteiger charge is 2.25. The van der Waals surface area contributed by atoms with E-state index >= 15 is 0 Å². The van der Waals surface area contributed by atoms with Crippen LogP contribution in [0.5, 0.6) is 0 Å². The number of likely N-dealkylation sites (N-methyl/N-ethyl adjacent to an activating group) is 1. The molecule has 8 heteroatoms. The molecule has 0 aromatic heterocycles. The van der Waals surface area contributed by atoms with Gasteiger partial charge in [0.25, 0.3) is 0 Å². The third-order valence-corrected chi connectivity index (χ3v) is 6.18. The summed E-state index contributed by atoms with van der Waals surface area (Å²) in [5, 5.41) is 2.98. The summed E-state index contributed by atoms with van der Waals surface area (Å²) in [7, 11) is -2.43. The smallest absolute Gasteiger partial charge is 0.244 e. The zero-order valence-corrected chi connectivity index (χ0v) is 15.3. The topological polar surface area (TPSA) is 66.5 Å². The number of nitrogens with zero attached hydrogens (tertiary/aromatic N) is 1. The van der Waals surface area contributed by atoms with Crippen molar-refractivity contribution in [3.63, 3.8) is 0 Å². The molecule has 1 N–H and O–H groups in total. The number of carbonyl (C=O) groups excluding carboxylic acids is 1. The maximum Gasteiger partial charge on any atom is 0.244 e. The van der Waals surface area contributed by atoms with Crippen LogP contribution in [-0.2, 0) is 14.8 Å². The van der Waals surface area contributed by atoms with E-state index in [0.717, 1.165) is 4.31 Å². The molecule has 0 saturated carbocycles. The first kappa shape index (κ1) is 17.9. The van der Waals surface area contributed by atoms with Crippen LogP contribution < -0.4 is 5.32 Å². The highest BCUT2D eigenvalue weighted by Crippen LogP contribution is 2.24. The molecule has 0 atom stereocenters. The van der Waals surface area contributed by atoms with Crippen molar-refractivity contribution in [2.75, 3.05) is 18.9 Å². The summed E-state index contributed by atoms with van der Waals surface area (Å²) in [4.78, 5) is 12.2. The number of nitrogens with one attached hydrogen (secondary N) is 1. The zero-order valence-electron chi connectivity index (χ0n) is 12.2. The van der Waals surface area contributed by atoms with E-state index in [4.69, 9.17) is 11.6 Å². The summed E-state index contributed by atoms with van der Waals surface area (Å²) in [6, 6.07) is 13.2. The van der Waals surface area contributed by atoms with Gasteiger partial charge in [-0.15, -0.1) is 0 Å². The van der Waals surface area contributed by atoms with Crippen LogP contribution in [0, 0.1) is 0 Å². The van der Waals surface area contributed by atoms with Crippen LogP contribution in [0.4, 0.5) is 5.69 Å². The third-order valence-electron chi connectivity index (χ3n) is 3.04. The molecule has 0 unspecified atom stereocenters. The molecule has 0 bridgehead atoms. The van der Waals surface area contributed by atoms with Crippen LogP contribution in [0.3, 0.4) is 0 Å². The van der Waals surface area contributed by atoms with Crippen molar-refractivity contribution in [3.05, 3.63) is 58.0 Å². The fourth-order valence-corrected chi connectivity index (χ4v) is 4.13. The molecule has 2 aromatic carbocycles. The molecule has 0 heterocycles. The number of anilines is 1. The van der Waals surface area contributed by atoms with Gasteiger partial charge < -0.3 is 5.32 Å². The van der Waals surface area contributed by atoms with E-state index in [-0.39, 0.29) is 11.4 Å². The minimum Gasteiger partial charge on any atom is -0.324 e. The number of amides is 1. The lowest BCUT2D eigenvalue weighted by molar-refractivity contribution is -0.116. The van der Waals surface area contributed by atoms with E-state index < -0.39 is 15.9 Å². The van der Waals surface area contributed by atoms with Gasteiger partial charge >= 0.3 is 0 Å². The predicted octanol–water partition coefficient (Wildman–Crippen LogP) is 3.36. The van der Waals surface area contributed by atoms with Gasteiger partial charge in [-0.2, -0.15) is 4.31 Å². The minimum atomic E-state index is -3.77. The molecule has 2 rings (SSSR count). The number of rotatable bonds is 5. The first-order valence-electron chi connectivity index (χ1n) is 6.57. The number of hydrogen-bond donors (Lipinski definition) is 1. The van der Waals surface area contributed by atoms with Crippen molar-refractivity contribution in [2.45, 2.75) is 4.90 Å². The molecule has 0 radical (unpaired) electrons. The van der Waals surface area contributed by atoms with Gasteiger partial charge in [0.15, 0.2) is 0 Å². The summed E-state index contributed by atoms with van der Waals surface area (Å²) in [6.07, 6.45) is 0. The Balaban J connectivity index is 2.12. The Morgan fingerprint density at radius 2 is 1.78 bits per heavy atom. The van der Waals surface area contributed by atoms with Gasteiger partial charge in [0.2, 0.25) is 15.9 Å². The van der Waals surface area contributed by atoms with Gasteiger partial charge in [-0.05, 0) is 40.2 Å². The largest absolute Gasteiger partial charge is 0.324 e. The second-order valence-electron chi connectivity index (χ2n) is 4.72. The van der Waals surface area contributed by atoms with Crippen LogP contribution in [0.25, 0.3) is 0 Å². The molecule has 0 spiro atoms. The number of para-hydroxylation sites is 1. The van der Waals surface area contributed by atoms with E-state index in [2.05, 4.69) is 21.2 Å². The van der Waals surface area contributed by atoms with Crippen molar-refractivity contribution in [2.24, 2.45) is 0 Å². The lowest BCUT2D eigenvalue weighted by Crippen LogP contribution is -2.35. The van der Waals surface area contributed by atoms with Crippen molar-refractivity contribution < 1.29 is 13.2 Å². The van der Waals surface area contributed by atoms with Gasteiger partial charge in [-0.25, -0.2) is 8.42 Å². The van der Waals surface area contributed by atoms with Gasteiger partial charge in [0, 0.05) is 11.5 Å². The first-order chi connectivity index (χ1) is 10.8. The minimum absolute atomic E-state index is 0.105. The number of sulfonamides is 1. The van der Waals surface area contributed by atoms with Gasteiger partial charge in [-0.3, -0.25) is 4.79 Å².